The van der Waals surface area contributed by atoms with Gasteiger partial charge in [-0.1, -0.05) is 13.3 Å². The molecule has 0 aliphatic carbocycles. The Hall–Kier alpha value is -1.57. The highest BCUT2D eigenvalue weighted by atomic mass is 19.4. The van der Waals surface area contributed by atoms with Crippen molar-refractivity contribution < 1.29 is 13.2 Å². The first kappa shape index (κ1) is 14.5. The van der Waals surface area contributed by atoms with E-state index in [0.717, 1.165) is 12.8 Å². The molecule has 18 heavy (non-hydrogen) atoms. The first-order chi connectivity index (χ1) is 8.36. The normalized spacial score (nSPS) is 13.2. The second-order valence-electron chi connectivity index (χ2n) is 3.94. The molecule has 1 atom stereocenters. The predicted molar refractivity (Wildman–Crippen MR) is 62.8 cm³/mol. The fourth-order valence-electron chi connectivity index (χ4n) is 1.48. The topological polar surface area (TPSA) is 75.9 Å². The lowest BCUT2D eigenvalue weighted by Crippen LogP contribution is -2.20. The third-order valence-corrected chi connectivity index (χ3v) is 2.24. The van der Waals surface area contributed by atoms with Gasteiger partial charge in [-0.05, 0) is 13.3 Å². The molecule has 1 heterocycles. The maximum Gasteiger partial charge on any atom is 0.451 e. The Morgan fingerprint density at radius 1 is 1.33 bits per heavy atom. The Morgan fingerprint density at radius 2 is 1.94 bits per heavy atom. The average molecular weight is 263 g/mol. The van der Waals surface area contributed by atoms with Crippen molar-refractivity contribution >= 4 is 11.6 Å². The summed E-state index contributed by atoms with van der Waals surface area (Å²) in [5.74, 6) is 3.89. The first-order valence-corrected chi connectivity index (χ1v) is 5.56. The van der Waals surface area contributed by atoms with Crippen molar-refractivity contribution in [3.05, 3.63) is 11.9 Å². The molecular formula is C10H16F3N5. The number of hydrogen-bond donors (Lipinski definition) is 3. The van der Waals surface area contributed by atoms with Gasteiger partial charge in [0.15, 0.2) is 0 Å². The number of hydrazine groups is 1. The molecule has 1 unspecified atom stereocenters. The van der Waals surface area contributed by atoms with Gasteiger partial charge in [-0.2, -0.15) is 13.2 Å². The minimum Gasteiger partial charge on any atom is -0.367 e. The maximum absolute atomic E-state index is 12.5. The van der Waals surface area contributed by atoms with E-state index in [4.69, 9.17) is 5.84 Å². The van der Waals surface area contributed by atoms with Gasteiger partial charge in [-0.25, -0.2) is 15.8 Å². The molecule has 0 spiro atoms. The Bertz CT molecular complexity index is 394. The lowest BCUT2D eigenvalue weighted by atomic mass is 10.2. The van der Waals surface area contributed by atoms with Crippen LogP contribution in [0.25, 0.3) is 0 Å². The number of rotatable bonds is 5. The third-order valence-electron chi connectivity index (χ3n) is 2.24. The SMILES string of the molecule is CCCC(C)Nc1cc(NN)nc(C(F)(F)F)n1. The number of nitrogens with two attached hydrogens (primary N) is 1. The zero-order chi connectivity index (χ0) is 13.8. The molecule has 0 saturated carbocycles. The zero-order valence-electron chi connectivity index (χ0n) is 10.2. The van der Waals surface area contributed by atoms with E-state index in [0.29, 0.717) is 0 Å². The molecule has 5 nitrogen and oxygen atoms in total. The van der Waals surface area contributed by atoms with Crippen LogP contribution in [0.3, 0.4) is 0 Å². The van der Waals surface area contributed by atoms with E-state index in [9.17, 15) is 13.2 Å². The van der Waals surface area contributed by atoms with Gasteiger partial charge in [0.25, 0.3) is 0 Å². The standard InChI is InChI=1S/C10H16F3N5/c1-3-4-6(2)15-7-5-8(18-14)17-9(16-7)10(11,12)13/h5-6H,3-4,14H2,1-2H3,(H2,15,16,17,18). The maximum atomic E-state index is 12.5. The molecule has 0 amide bonds. The molecule has 0 aliphatic heterocycles. The van der Waals surface area contributed by atoms with Gasteiger partial charge in [0.2, 0.25) is 5.82 Å². The van der Waals surface area contributed by atoms with Gasteiger partial charge in [-0.15, -0.1) is 0 Å². The van der Waals surface area contributed by atoms with Crippen molar-refractivity contribution in [2.24, 2.45) is 5.84 Å². The quantitative estimate of drug-likeness (QED) is 0.561. The van der Waals surface area contributed by atoms with Crippen molar-refractivity contribution in [2.75, 3.05) is 10.7 Å². The summed E-state index contributed by atoms with van der Waals surface area (Å²) in [4.78, 5) is 6.70. The van der Waals surface area contributed by atoms with Crippen LogP contribution >= 0.6 is 0 Å². The second-order valence-corrected chi connectivity index (χ2v) is 3.94. The van der Waals surface area contributed by atoms with E-state index in [1.165, 1.54) is 6.07 Å². The summed E-state index contributed by atoms with van der Waals surface area (Å²) in [7, 11) is 0. The number of aromatic nitrogens is 2. The molecule has 1 rings (SSSR count). The molecule has 1 aromatic rings. The molecule has 1 aromatic heterocycles. The molecule has 8 heteroatoms. The lowest BCUT2D eigenvalue weighted by molar-refractivity contribution is -0.144. The van der Waals surface area contributed by atoms with E-state index < -0.39 is 12.0 Å². The van der Waals surface area contributed by atoms with Gasteiger partial charge in [-0.3, -0.25) is 0 Å². The highest BCUT2D eigenvalue weighted by Crippen LogP contribution is 2.28. The number of anilines is 2. The molecule has 102 valence electrons. The smallest absolute Gasteiger partial charge is 0.367 e. The second kappa shape index (κ2) is 5.85. The van der Waals surface area contributed by atoms with E-state index >= 15 is 0 Å². The van der Waals surface area contributed by atoms with Crippen LogP contribution in [-0.2, 0) is 6.18 Å². The van der Waals surface area contributed by atoms with Crippen LogP contribution in [0.1, 0.15) is 32.5 Å². The van der Waals surface area contributed by atoms with Crippen molar-refractivity contribution in [3.63, 3.8) is 0 Å². The number of alkyl halides is 3. The first-order valence-electron chi connectivity index (χ1n) is 5.56. The summed E-state index contributed by atoms with van der Waals surface area (Å²) in [6, 6.07) is 1.36. The summed E-state index contributed by atoms with van der Waals surface area (Å²) in [5, 5.41) is 2.88. The highest BCUT2D eigenvalue weighted by Gasteiger charge is 2.35. The Morgan fingerprint density at radius 3 is 2.44 bits per heavy atom. The zero-order valence-corrected chi connectivity index (χ0v) is 10.2. The van der Waals surface area contributed by atoms with E-state index in [1.54, 1.807) is 0 Å². The van der Waals surface area contributed by atoms with Crippen LogP contribution in [0, 0.1) is 0 Å². The number of nitrogens with zero attached hydrogens (tertiary/aromatic N) is 2. The van der Waals surface area contributed by atoms with Crippen LogP contribution in [-0.4, -0.2) is 16.0 Å². The minimum absolute atomic E-state index is 0.0246. The predicted octanol–water partition coefficient (Wildman–Crippen LogP) is 2.38. The van der Waals surface area contributed by atoms with Crippen LogP contribution in [0.5, 0.6) is 0 Å². The number of hydrogen-bond acceptors (Lipinski definition) is 5. The Balaban J connectivity index is 2.97. The molecule has 0 saturated heterocycles. The molecule has 0 aromatic carbocycles. The molecule has 0 fully saturated rings. The number of nitrogens with one attached hydrogen (secondary N) is 2. The van der Waals surface area contributed by atoms with Gasteiger partial charge in [0.1, 0.15) is 11.6 Å². The summed E-state index contributed by atoms with van der Waals surface area (Å²) in [5.41, 5.74) is 2.09. The highest BCUT2D eigenvalue weighted by molar-refractivity contribution is 5.47. The van der Waals surface area contributed by atoms with Crippen molar-refractivity contribution in [1.29, 1.82) is 0 Å². The summed E-state index contributed by atoms with van der Waals surface area (Å²) in [6.45, 7) is 3.86. The molecule has 0 bridgehead atoms. The summed E-state index contributed by atoms with van der Waals surface area (Å²) >= 11 is 0. The van der Waals surface area contributed by atoms with Crippen LogP contribution < -0.4 is 16.6 Å². The monoisotopic (exact) mass is 263 g/mol. The van der Waals surface area contributed by atoms with E-state index in [2.05, 4.69) is 20.7 Å². The van der Waals surface area contributed by atoms with Gasteiger partial charge in [0, 0.05) is 12.1 Å². The van der Waals surface area contributed by atoms with Crippen LogP contribution in [0.15, 0.2) is 6.07 Å². The lowest BCUT2D eigenvalue weighted by Gasteiger charge is -2.15. The third kappa shape index (κ3) is 4.02. The fraction of sp³-hybridized carbons (Fsp3) is 0.600. The minimum atomic E-state index is -4.60. The molecule has 0 radical (unpaired) electrons. The van der Waals surface area contributed by atoms with Gasteiger partial charge in [0.05, 0.1) is 0 Å². The van der Waals surface area contributed by atoms with E-state index in [1.807, 2.05) is 13.8 Å². The largest absolute Gasteiger partial charge is 0.451 e. The van der Waals surface area contributed by atoms with Gasteiger partial charge < -0.3 is 10.7 Å². The summed E-state index contributed by atoms with van der Waals surface area (Å²) < 4.78 is 37.6. The van der Waals surface area contributed by atoms with Crippen molar-refractivity contribution in [3.8, 4) is 0 Å². The molecule has 4 N–H and O–H groups in total. The number of halogens is 3. The van der Waals surface area contributed by atoms with Crippen LogP contribution in [0.2, 0.25) is 0 Å². The van der Waals surface area contributed by atoms with Gasteiger partial charge >= 0.3 is 6.18 Å². The Labute approximate surface area is 103 Å². The average Bonchev–Trinajstić information content (AvgIpc) is 2.27. The summed E-state index contributed by atoms with van der Waals surface area (Å²) in [6.07, 6.45) is -2.85. The number of nitrogen functional groups attached to an aromatic ring is 1. The van der Waals surface area contributed by atoms with Crippen LogP contribution in [0.4, 0.5) is 24.8 Å². The van der Waals surface area contributed by atoms with Crippen molar-refractivity contribution in [2.45, 2.75) is 38.9 Å². The fourth-order valence-corrected chi connectivity index (χ4v) is 1.48. The van der Waals surface area contributed by atoms with E-state index in [-0.39, 0.29) is 17.7 Å². The molecular weight excluding hydrogens is 247 g/mol. The molecule has 0 aliphatic rings. The van der Waals surface area contributed by atoms with Crippen molar-refractivity contribution in [1.82, 2.24) is 9.97 Å². The Kier molecular flexibility index (Phi) is 4.71.